The minimum atomic E-state index is -1.09. The number of urea groups is 1. The van der Waals surface area contributed by atoms with Gasteiger partial charge in [0.05, 0.1) is 0 Å². The van der Waals surface area contributed by atoms with E-state index < -0.39 is 18.0 Å². The van der Waals surface area contributed by atoms with Crippen molar-refractivity contribution in [2.45, 2.75) is 19.4 Å². The molecule has 0 aliphatic rings. The van der Waals surface area contributed by atoms with Crippen molar-refractivity contribution in [3.05, 3.63) is 64.7 Å². The SMILES string of the molecule is Cc1ccc(NC(=O)NC(Cc2ccccc2)C(=O)O)cc1Cl. The number of rotatable bonds is 5. The summed E-state index contributed by atoms with van der Waals surface area (Å²) in [5, 5.41) is 14.8. The van der Waals surface area contributed by atoms with E-state index in [2.05, 4.69) is 10.6 Å². The van der Waals surface area contributed by atoms with Gasteiger partial charge in [-0.15, -0.1) is 0 Å². The summed E-state index contributed by atoms with van der Waals surface area (Å²) in [7, 11) is 0. The minimum absolute atomic E-state index is 0.207. The van der Waals surface area contributed by atoms with Crippen LogP contribution in [0.25, 0.3) is 0 Å². The van der Waals surface area contributed by atoms with Crippen LogP contribution in [0.2, 0.25) is 5.02 Å². The Bertz CT molecular complexity index is 704. The first-order valence-electron chi connectivity index (χ1n) is 7.06. The number of benzene rings is 2. The number of nitrogens with one attached hydrogen (secondary N) is 2. The third kappa shape index (κ3) is 5.00. The van der Waals surface area contributed by atoms with Gasteiger partial charge in [0, 0.05) is 17.1 Å². The number of carboxylic acids is 1. The van der Waals surface area contributed by atoms with Gasteiger partial charge in [0.15, 0.2) is 0 Å². The zero-order chi connectivity index (χ0) is 16.8. The van der Waals surface area contributed by atoms with E-state index in [9.17, 15) is 14.7 Å². The molecule has 2 aromatic rings. The number of aryl methyl sites for hydroxylation is 1. The van der Waals surface area contributed by atoms with Gasteiger partial charge >= 0.3 is 12.0 Å². The maximum atomic E-state index is 12.0. The van der Waals surface area contributed by atoms with Gasteiger partial charge in [0.2, 0.25) is 0 Å². The Balaban J connectivity index is 2.00. The maximum Gasteiger partial charge on any atom is 0.326 e. The summed E-state index contributed by atoms with van der Waals surface area (Å²) >= 11 is 5.99. The van der Waals surface area contributed by atoms with Gasteiger partial charge in [-0.2, -0.15) is 0 Å². The van der Waals surface area contributed by atoms with E-state index in [1.54, 1.807) is 18.2 Å². The number of halogens is 1. The normalized spacial score (nSPS) is 11.6. The molecule has 1 atom stereocenters. The number of anilines is 1. The largest absolute Gasteiger partial charge is 0.480 e. The quantitative estimate of drug-likeness (QED) is 0.784. The molecule has 0 saturated heterocycles. The first-order valence-corrected chi connectivity index (χ1v) is 7.44. The van der Waals surface area contributed by atoms with Crippen molar-refractivity contribution >= 4 is 29.3 Å². The van der Waals surface area contributed by atoms with E-state index in [-0.39, 0.29) is 6.42 Å². The Morgan fingerprint density at radius 3 is 2.48 bits per heavy atom. The molecule has 3 N–H and O–H groups in total. The molecule has 0 bridgehead atoms. The predicted molar refractivity (Wildman–Crippen MR) is 89.9 cm³/mol. The van der Waals surface area contributed by atoms with Gasteiger partial charge in [0.1, 0.15) is 6.04 Å². The molecule has 0 spiro atoms. The monoisotopic (exact) mass is 332 g/mol. The van der Waals surface area contributed by atoms with Gasteiger partial charge in [0.25, 0.3) is 0 Å². The number of carboxylic acid groups (broad SMARTS) is 1. The van der Waals surface area contributed by atoms with Crippen molar-refractivity contribution in [3.8, 4) is 0 Å². The Morgan fingerprint density at radius 1 is 1.17 bits per heavy atom. The van der Waals surface area contributed by atoms with Crippen LogP contribution in [0.4, 0.5) is 10.5 Å². The average molecular weight is 333 g/mol. The molecule has 1 unspecified atom stereocenters. The second-order valence-electron chi connectivity index (χ2n) is 5.14. The minimum Gasteiger partial charge on any atom is -0.480 e. The lowest BCUT2D eigenvalue weighted by Gasteiger charge is -2.15. The number of hydrogen-bond acceptors (Lipinski definition) is 2. The smallest absolute Gasteiger partial charge is 0.326 e. The standard InChI is InChI=1S/C17H17ClN2O3/c1-11-7-8-13(10-14(11)18)19-17(23)20-15(16(21)22)9-12-5-3-2-4-6-12/h2-8,10,15H,9H2,1H3,(H,21,22)(H2,19,20,23). The number of amides is 2. The second kappa shape index (κ2) is 7.65. The predicted octanol–water partition coefficient (Wildman–Crippen LogP) is 3.47. The second-order valence-corrected chi connectivity index (χ2v) is 5.55. The first kappa shape index (κ1) is 16.8. The highest BCUT2D eigenvalue weighted by atomic mass is 35.5. The summed E-state index contributed by atoms with van der Waals surface area (Å²) in [6.45, 7) is 1.85. The highest BCUT2D eigenvalue weighted by Crippen LogP contribution is 2.19. The summed E-state index contributed by atoms with van der Waals surface area (Å²) in [5.74, 6) is -1.09. The topological polar surface area (TPSA) is 78.4 Å². The summed E-state index contributed by atoms with van der Waals surface area (Å²) in [5.41, 5.74) is 2.23. The van der Waals surface area contributed by atoms with Crippen molar-refractivity contribution in [1.29, 1.82) is 0 Å². The molecule has 0 aromatic heterocycles. The fourth-order valence-corrected chi connectivity index (χ4v) is 2.23. The zero-order valence-electron chi connectivity index (χ0n) is 12.5. The van der Waals surface area contributed by atoms with Crippen molar-refractivity contribution < 1.29 is 14.7 Å². The van der Waals surface area contributed by atoms with Crippen LogP contribution in [0.15, 0.2) is 48.5 Å². The number of hydrogen-bond donors (Lipinski definition) is 3. The molecule has 0 radical (unpaired) electrons. The summed E-state index contributed by atoms with van der Waals surface area (Å²) in [4.78, 5) is 23.3. The maximum absolute atomic E-state index is 12.0. The Hall–Kier alpha value is -2.53. The summed E-state index contributed by atoms with van der Waals surface area (Å²) in [6.07, 6.45) is 0.207. The fourth-order valence-electron chi connectivity index (χ4n) is 2.05. The highest BCUT2D eigenvalue weighted by molar-refractivity contribution is 6.31. The number of carbonyl (C=O) groups is 2. The molecule has 2 rings (SSSR count). The van der Waals surface area contributed by atoms with Crippen LogP contribution in [0.3, 0.4) is 0 Å². The van der Waals surface area contributed by atoms with Crippen LogP contribution < -0.4 is 10.6 Å². The molecule has 0 fully saturated rings. The van der Waals surface area contributed by atoms with E-state index in [4.69, 9.17) is 11.6 Å². The molecule has 0 saturated carbocycles. The van der Waals surface area contributed by atoms with Gasteiger partial charge in [-0.3, -0.25) is 0 Å². The van der Waals surface area contributed by atoms with Crippen LogP contribution in [0, 0.1) is 6.92 Å². The highest BCUT2D eigenvalue weighted by Gasteiger charge is 2.20. The fraction of sp³-hybridized carbons (Fsp3) is 0.176. The lowest BCUT2D eigenvalue weighted by atomic mass is 10.1. The molecule has 120 valence electrons. The molecule has 2 amide bonds. The van der Waals surface area contributed by atoms with E-state index in [0.29, 0.717) is 10.7 Å². The average Bonchev–Trinajstić information content (AvgIpc) is 2.51. The number of aliphatic carboxylic acids is 1. The lowest BCUT2D eigenvalue weighted by Crippen LogP contribution is -2.44. The molecule has 0 heterocycles. The molecule has 0 aliphatic heterocycles. The third-order valence-electron chi connectivity index (χ3n) is 3.32. The molecular weight excluding hydrogens is 316 g/mol. The van der Waals surface area contributed by atoms with E-state index >= 15 is 0 Å². The van der Waals surface area contributed by atoms with Crippen molar-refractivity contribution in [3.63, 3.8) is 0 Å². The van der Waals surface area contributed by atoms with Gasteiger partial charge in [-0.05, 0) is 30.2 Å². The Labute approximate surface area is 139 Å². The van der Waals surface area contributed by atoms with Crippen molar-refractivity contribution in [2.24, 2.45) is 0 Å². The van der Waals surface area contributed by atoms with Crippen molar-refractivity contribution in [2.75, 3.05) is 5.32 Å². The van der Waals surface area contributed by atoms with Crippen LogP contribution >= 0.6 is 11.6 Å². The molecule has 6 heteroatoms. The zero-order valence-corrected chi connectivity index (χ0v) is 13.3. The summed E-state index contributed by atoms with van der Waals surface area (Å²) < 4.78 is 0. The first-order chi connectivity index (χ1) is 11.0. The van der Waals surface area contributed by atoms with Gasteiger partial charge in [-0.25, -0.2) is 9.59 Å². The third-order valence-corrected chi connectivity index (χ3v) is 3.72. The van der Waals surface area contributed by atoms with Crippen LogP contribution in [-0.4, -0.2) is 23.1 Å². The van der Waals surface area contributed by atoms with Gasteiger partial charge in [-0.1, -0.05) is 48.0 Å². The lowest BCUT2D eigenvalue weighted by molar-refractivity contribution is -0.139. The van der Waals surface area contributed by atoms with Gasteiger partial charge < -0.3 is 15.7 Å². The van der Waals surface area contributed by atoms with E-state index in [1.807, 2.05) is 37.3 Å². The molecule has 23 heavy (non-hydrogen) atoms. The van der Waals surface area contributed by atoms with Crippen LogP contribution in [0.5, 0.6) is 0 Å². The molecule has 0 aliphatic carbocycles. The number of carbonyl (C=O) groups excluding carboxylic acids is 1. The Kier molecular flexibility index (Phi) is 5.60. The Morgan fingerprint density at radius 2 is 1.87 bits per heavy atom. The molecule has 5 nitrogen and oxygen atoms in total. The van der Waals surface area contributed by atoms with Crippen molar-refractivity contribution in [1.82, 2.24) is 5.32 Å². The van der Waals surface area contributed by atoms with Crippen LogP contribution in [-0.2, 0) is 11.2 Å². The van der Waals surface area contributed by atoms with E-state index in [0.717, 1.165) is 11.1 Å². The molecular formula is C17H17ClN2O3. The van der Waals surface area contributed by atoms with Crippen LogP contribution in [0.1, 0.15) is 11.1 Å². The summed E-state index contributed by atoms with van der Waals surface area (Å²) in [6, 6.07) is 12.6. The van der Waals surface area contributed by atoms with E-state index in [1.165, 1.54) is 0 Å². The molecule has 2 aromatic carbocycles.